The van der Waals surface area contributed by atoms with Crippen molar-refractivity contribution in [3.05, 3.63) is 0 Å². The lowest BCUT2D eigenvalue weighted by Gasteiger charge is -2.31. The van der Waals surface area contributed by atoms with Gasteiger partial charge in [0, 0.05) is 6.42 Å². The Bertz CT molecular complexity index is 171. The van der Waals surface area contributed by atoms with E-state index in [4.69, 9.17) is 11.1 Å². The summed E-state index contributed by atoms with van der Waals surface area (Å²) >= 11 is 0. The van der Waals surface area contributed by atoms with Crippen LogP contribution in [0.15, 0.2) is 0 Å². The van der Waals surface area contributed by atoms with Crippen molar-refractivity contribution in [1.29, 1.82) is 5.41 Å². The quantitative estimate of drug-likeness (QED) is 0.522. The predicted octanol–water partition coefficient (Wildman–Crippen LogP) is 1.82. The molecule has 0 bridgehead atoms. The van der Waals surface area contributed by atoms with E-state index < -0.39 is 0 Å². The fourth-order valence-corrected chi connectivity index (χ4v) is 2.11. The Kier molecular flexibility index (Phi) is 4.94. The maximum absolute atomic E-state index is 7.13. The molecular formula is C11H23N3. The second kappa shape index (κ2) is 6.02. The standard InChI is InChI=1S/C11H23N3/c1-2-10-5-8-14(9-6-10)7-3-4-11(12)13/h10H,2-9H2,1H3,(H3,12,13). The van der Waals surface area contributed by atoms with Crippen molar-refractivity contribution in [3.8, 4) is 0 Å². The molecule has 1 saturated heterocycles. The number of nitrogens with one attached hydrogen (secondary N) is 1. The van der Waals surface area contributed by atoms with Crippen molar-refractivity contribution in [3.63, 3.8) is 0 Å². The van der Waals surface area contributed by atoms with E-state index in [0.29, 0.717) is 5.84 Å². The molecule has 0 amide bonds. The lowest BCUT2D eigenvalue weighted by molar-refractivity contribution is 0.181. The molecule has 1 aliphatic heterocycles. The van der Waals surface area contributed by atoms with E-state index in [2.05, 4.69) is 11.8 Å². The molecule has 0 saturated carbocycles. The predicted molar refractivity (Wildman–Crippen MR) is 60.6 cm³/mol. The van der Waals surface area contributed by atoms with E-state index in [1.54, 1.807) is 0 Å². The van der Waals surface area contributed by atoms with E-state index in [0.717, 1.165) is 25.3 Å². The summed E-state index contributed by atoms with van der Waals surface area (Å²) in [4.78, 5) is 2.51. The summed E-state index contributed by atoms with van der Waals surface area (Å²) in [5.41, 5.74) is 5.32. The number of hydrogen-bond acceptors (Lipinski definition) is 2. The number of nitrogens with zero attached hydrogens (tertiary/aromatic N) is 1. The molecule has 0 aromatic heterocycles. The summed E-state index contributed by atoms with van der Waals surface area (Å²) in [7, 11) is 0. The molecule has 0 atom stereocenters. The molecule has 3 N–H and O–H groups in total. The summed E-state index contributed by atoms with van der Waals surface area (Å²) in [6.07, 6.45) is 5.86. The first-order chi connectivity index (χ1) is 6.72. The minimum atomic E-state index is 0.327. The second-order valence-electron chi connectivity index (χ2n) is 4.32. The molecule has 0 aromatic carbocycles. The Morgan fingerprint density at radius 3 is 2.57 bits per heavy atom. The van der Waals surface area contributed by atoms with E-state index in [-0.39, 0.29) is 0 Å². The Morgan fingerprint density at radius 1 is 1.43 bits per heavy atom. The molecule has 1 aliphatic rings. The topological polar surface area (TPSA) is 53.1 Å². The smallest absolute Gasteiger partial charge is 0.0905 e. The highest BCUT2D eigenvalue weighted by Gasteiger charge is 2.16. The molecule has 0 aliphatic carbocycles. The third kappa shape index (κ3) is 4.09. The van der Waals surface area contributed by atoms with E-state index in [9.17, 15) is 0 Å². The summed E-state index contributed by atoms with van der Waals surface area (Å²) < 4.78 is 0. The minimum absolute atomic E-state index is 0.327. The van der Waals surface area contributed by atoms with Crippen LogP contribution in [0.2, 0.25) is 0 Å². The lowest BCUT2D eigenvalue weighted by atomic mass is 9.94. The fraction of sp³-hybridized carbons (Fsp3) is 0.909. The number of nitrogens with two attached hydrogens (primary N) is 1. The normalized spacial score (nSPS) is 19.8. The van der Waals surface area contributed by atoms with Crippen LogP contribution in [0.3, 0.4) is 0 Å². The number of rotatable bonds is 5. The zero-order valence-electron chi connectivity index (χ0n) is 9.26. The highest BCUT2D eigenvalue weighted by atomic mass is 15.1. The van der Waals surface area contributed by atoms with E-state index >= 15 is 0 Å². The summed E-state index contributed by atoms with van der Waals surface area (Å²) in [5, 5.41) is 7.13. The van der Waals surface area contributed by atoms with Gasteiger partial charge in [-0.1, -0.05) is 13.3 Å². The number of piperidine rings is 1. The SMILES string of the molecule is CCC1CCN(CCCC(=N)N)CC1. The maximum atomic E-state index is 7.13. The molecule has 0 radical (unpaired) electrons. The van der Waals surface area contributed by atoms with Crippen LogP contribution in [-0.4, -0.2) is 30.4 Å². The minimum Gasteiger partial charge on any atom is -0.388 e. The first-order valence-electron chi connectivity index (χ1n) is 5.77. The summed E-state index contributed by atoms with van der Waals surface area (Å²) in [6, 6.07) is 0. The molecule has 0 aromatic rings. The van der Waals surface area contributed by atoms with E-state index in [1.807, 2.05) is 0 Å². The zero-order chi connectivity index (χ0) is 10.4. The van der Waals surface area contributed by atoms with Crippen molar-refractivity contribution >= 4 is 5.84 Å². The largest absolute Gasteiger partial charge is 0.388 e. The average Bonchev–Trinajstić information content (AvgIpc) is 2.18. The van der Waals surface area contributed by atoms with Crippen molar-refractivity contribution in [1.82, 2.24) is 4.90 Å². The van der Waals surface area contributed by atoms with Crippen molar-refractivity contribution < 1.29 is 0 Å². The third-order valence-corrected chi connectivity index (χ3v) is 3.20. The van der Waals surface area contributed by atoms with Gasteiger partial charge in [0.1, 0.15) is 0 Å². The van der Waals surface area contributed by atoms with Crippen molar-refractivity contribution in [2.45, 2.75) is 39.0 Å². The van der Waals surface area contributed by atoms with Crippen LogP contribution in [-0.2, 0) is 0 Å². The van der Waals surface area contributed by atoms with Crippen LogP contribution in [0, 0.1) is 11.3 Å². The zero-order valence-corrected chi connectivity index (χ0v) is 9.26. The van der Waals surface area contributed by atoms with Gasteiger partial charge in [0.05, 0.1) is 5.84 Å². The molecule has 1 rings (SSSR count). The third-order valence-electron chi connectivity index (χ3n) is 3.20. The molecule has 3 heteroatoms. The van der Waals surface area contributed by atoms with Gasteiger partial charge in [-0.05, 0) is 44.8 Å². The molecule has 82 valence electrons. The van der Waals surface area contributed by atoms with Crippen LogP contribution in [0.25, 0.3) is 0 Å². The molecular weight excluding hydrogens is 174 g/mol. The molecule has 1 fully saturated rings. The Morgan fingerprint density at radius 2 is 2.07 bits per heavy atom. The first-order valence-corrected chi connectivity index (χ1v) is 5.77. The van der Waals surface area contributed by atoms with Crippen LogP contribution in [0.1, 0.15) is 39.0 Å². The molecule has 14 heavy (non-hydrogen) atoms. The molecule has 0 spiro atoms. The van der Waals surface area contributed by atoms with Gasteiger partial charge < -0.3 is 10.6 Å². The summed E-state index contributed by atoms with van der Waals surface area (Å²) in [6.45, 7) is 5.90. The maximum Gasteiger partial charge on any atom is 0.0905 e. The lowest BCUT2D eigenvalue weighted by Crippen LogP contribution is -2.34. The summed E-state index contributed by atoms with van der Waals surface area (Å²) in [5.74, 6) is 1.28. The van der Waals surface area contributed by atoms with Gasteiger partial charge >= 0.3 is 0 Å². The van der Waals surface area contributed by atoms with Crippen molar-refractivity contribution in [2.75, 3.05) is 19.6 Å². The van der Waals surface area contributed by atoms with Gasteiger partial charge in [-0.25, -0.2) is 0 Å². The van der Waals surface area contributed by atoms with Crippen LogP contribution < -0.4 is 5.73 Å². The molecule has 1 heterocycles. The van der Waals surface area contributed by atoms with Gasteiger partial charge in [-0.3, -0.25) is 5.41 Å². The van der Waals surface area contributed by atoms with Gasteiger partial charge in [-0.15, -0.1) is 0 Å². The van der Waals surface area contributed by atoms with Gasteiger partial charge in [0.2, 0.25) is 0 Å². The van der Waals surface area contributed by atoms with Gasteiger partial charge in [0.15, 0.2) is 0 Å². The van der Waals surface area contributed by atoms with Crippen LogP contribution in [0.5, 0.6) is 0 Å². The Hall–Kier alpha value is -0.570. The number of hydrogen-bond donors (Lipinski definition) is 2. The first kappa shape index (κ1) is 11.5. The highest BCUT2D eigenvalue weighted by molar-refractivity contribution is 5.76. The number of likely N-dealkylation sites (tertiary alicyclic amines) is 1. The van der Waals surface area contributed by atoms with Crippen LogP contribution in [0.4, 0.5) is 0 Å². The van der Waals surface area contributed by atoms with Crippen molar-refractivity contribution in [2.24, 2.45) is 11.7 Å². The van der Waals surface area contributed by atoms with Gasteiger partial charge in [-0.2, -0.15) is 0 Å². The molecule has 0 unspecified atom stereocenters. The highest BCUT2D eigenvalue weighted by Crippen LogP contribution is 2.19. The Balaban J connectivity index is 2.07. The van der Waals surface area contributed by atoms with E-state index in [1.165, 1.54) is 32.4 Å². The van der Waals surface area contributed by atoms with Crippen LogP contribution >= 0.6 is 0 Å². The molecule has 3 nitrogen and oxygen atoms in total. The average molecular weight is 197 g/mol. The fourth-order valence-electron chi connectivity index (χ4n) is 2.11. The number of amidine groups is 1. The van der Waals surface area contributed by atoms with Gasteiger partial charge in [0.25, 0.3) is 0 Å². The monoisotopic (exact) mass is 197 g/mol. The second-order valence-corrected chi connectivity index (χ2v) is 4.32. The Labute approximate surface area is 87.2 Å².